The number of carbonyl (C=O) groups is 2. The van der Waals surface area contributed by atoms with Gasteiger partial charge in [0.05, 0.1) is 4.90 Å². The Morgan fingerprint density at radius 2 is 1.56 bits per heavy atom. The van der Waals surface area contributed by atoms with Crippen molar-refractivity contribution in [1.82, 2.24) is 0 Å². The van der Waals surface area contributed by atoms with Gasteiger partial charge in [-0.15, -0.1) is 0 Å². The third kappa shape index (κ3) is 5.40. The van der Waals surface area contributed by atoms with E-state index in [1.165, 1.54) is 42.6 Å². The van der Waals surface area contributed by atoms with E-state index < -0.39 is 21.8 Å². The maximum absolute atomic E-state index is 12.1. The van der Waals surface area contributed by atoms with Crippen molar-refractivity contribution in [1.29, 1.82) is 5.26 Å². The van der Waals surface area contributed by atoms with E-state index in [1.807, 2.05) is 0 Å². The first kappa shape index (κ1) is 19.6. The van der Waals surface area contributed by atoms with E-state index in [0.717, 1.165) is 0 Å². The lowest BCUT2D eigenvalue weighted by Crippen LogP contribution is -2.15. The number of nitrogens with one attached hydrogen (secondary N) is 2. The second-order valence-electron chi connectivity index (χ2n) is 5.28. The first-order valence-electron chi connectivity index (χ1n) is 7.41. The number of primary sulfonamides is 1. The van der Waals surface area contributed by atoms with Crippen molar-refractivity contribution in [3.8, 4) is 6.07 Å². The summed E-state index contributed by atoms with van der Waals surface area (Å²) in [6, 6.07) is 13.0. The van der Waals surface area contributed by atoms with Crippen LogP contribution in [0.1, 0.15) is 10.4 Å². The Hall–Kier alpha value is -3.68. The molecule has 0 bridgehead atoms. The Kier molecular flexibility index (Phi) is 5.92. The number of carbonyl (C=O) groups excluding carboxylic acids is 2. The van der Waals surface area contributed by atoms with Gasteiger partial charge in [-0.1, -0.05) is 0 Å². The van der Waals surface area contributed by atoms with Crippen molar-refractivity contribution >= 4 is 33.2 Å². The van der Waals surface area contributed by atoms with Crippen LogP contribution in [0.25, 0.3) is 0 Å². The van der Waals surface area contributed by atoms with Crippen LogP contribution >= 0.6 is 0 Å². The number of sulfonamides is 1. The van der Waals surface area contributed by atoms with Crippen LogP contribution in [-0.4, -0.2) is 20.2 Å². The Labute approximate surface area is 155 Å². The summed E-state index contributed by atoms with van der Waals surface area (Å²) in [6.45, 7) is 0. The van der Waals surface area contributed by atoms with Gasteiger partial charge in [0.1, 0.15) is 11.6 Å². The molecule has 0 aliphatic carbocycles. The highest BCUT2D eigenvalue weighted by atomic mass is 32.2. The first-order chi connectivity index (χ1) is 12.7. The van der Waals surface area contributed by atoms with Gasteiger partial charge in [-0.2, -0.15) is 5.26 Å². The van der Waals surface area contributed by atoms with E-state index >= 15 is 0 Å². The van der Waals surface area contributed by atoms with Gasteiger partial charge in [0.2, 0.25) is 15.9 Å². The van der Waals surface area contributed by atoms with Gasteiger partial charge in [0.25, 0.3) is 5.91 Å². The van der Waals surface area contributed by atoms with Gasteiger partial charge >= 0.3 is 0 Å². The molecular weight excluding hydrogens is 370 g/mol. The van der Waals surface area contributed by atoms with Crippen LogP contribution in [0.15, 0.2) is 65.2 Å². The number of nitriles is 1. The Morgan fingerprint density at radius 3 is 2.04 bits per heavy atom. The maximum atomic E-state index is 12.1. The fourth-order valence-electron chi connectivity index (χ4n) is 1.96. The number of hydrogen-bond donors (Lipinski definition) is 4. The molecule has 0 aliphatic heterocycles. The molecule has 0 heterocycles. The zero-order chi connectivity index (χ0) is 20.0. The molecule has 0 atom stereocenters. The SMILES string of the molecule is N#C/C(=C/Nc1ccc(C(N)=O)cc1)C(=O)Nc1ccc(S(N)(=O)=O)cc1. The highest BCUT2D eigenvalue weighted by Gasteiger charge is 2.11. The molecule has 9 nitrogen and oxygen atoms in total. The van der Waals surface area contributed by atoms with Gasteiger partial charge in [0.15, 0.2) is 0 Å². The molecule has 27 heavy (non-hydrogen) atoms. The predicted octanol–water partition coefficient (Wildman–Crippen LogP) is 0.891. The number of hydrogen-bond acceptors (Lipinski definition) is 6. The van der Waals surface area contributed by atoms with E-state index in [2.05, 4.69) is 10.6 Å². The molecule has 0 spiro atoms. The summed E-state index contributed by atoms with van der Waals surface area (Å²) in [5, 5.41) is 19.4. The van der Waals surface area contributed by atoms with Crippen molar-refractivity contribution in [3.63, 3.8) is 0 Å². The summed E-state index contributed by atoms with van der Waals surface area (Å²) >= 11 is 0. The summed E-state index contributed by atoms with van der Waals surface area (Å²) in [5.41, 5.74) is 6.08. The number of benzene rings is 2. The van der Waals surface area contributed by atoms with Gasteiger partial charge in [-0.05, 0) is 48.5 Å². The number of primary amides is 1. The Balaban J connectivity index is 2.07. The fraction of sp³-hybridized carbons (Fsp3) is 0. The minimum atomic E-state index is -3.83. The zero-order valence-corrected chi connectivity index (χ0v) is 14.7. The van der Waals surface area contributed by atoms with Crippen molar-refractivity contribution < 1.29 is 18.0 Å². The molecule has 2 rings (SSSR count). The highest BCUT2D eigenvalue weighted by molar-refractivity contribution is 7.89. The molecule has 0 radical (unpaired) electrons. The number of nitrogens with two attached hydrogens (primary N) is 2. The van der Waals surface area contributed by atoms with Crippen LogP contribution in [0.4, 0.5) is 11.4 Å². The third-order valence-corrected chi connectivity index (χ3v) is 4.29. The zero-order valence-electron chi connectivity index (χ0n) is 13.8. The number of amides is 2. The lowest BCUT2D eigenvalue weighted by molar-refractivity contribution is -0.112. The number of anilines is 2. The Bertz CT molecular complexity index is 1040. The predicted molar refractivity (Wildman–Crippen MR) is 98.7 cm³/mol. The lowest BCUT2D eigenvalue weighted by Gasteiger charge is -2.06. The van der Waals surface area contributed by atoms with Crippen molar-refractivity contribution in [3.05, 3.63) is 65.9 Å². The number of nitrogens with zero attached hydrogens (tertiary/aromatic N) is 1. The summed E-state index contributed by atoms with van der Waals surface area (Å²) in [7, 11) is -3.83. The van der Waals surface area contributed by atoms with Crippen molar-refractivity contribution in [2.45, 2.75) is 4.90 Å². The van der Waals surface area contributed by atoms with E-state index in [0.29, 0.717) is 16.9 Å². The molecule has 0 unspecified atom stereocenters. The second-order valence-corrected chi connectivity index (χ2v) is 6.84. The molecule has 0 saturated carbocycles. The molecule has 2 aromatic carbocycles. The molecular formula is C17H15N5O4S. The summed E-state index contributed by atoms with van der Waals surface area (Å²) < 4.78 is 22.4. The molecule has 2 aromatic rings. The average molecular weight is 385 g/mol. The second kappa shape index (κ2) is 8.13. The quantitative estimate of drug-likeness (QED) is 0.425. The molecule has 6 N–H and O–H groups in total. The summed E-state index contributed by atoms with van der Waals surface area (Å²) in [4.78, 5) is 23.1. The Morgan fingerprint density at radius 1 is 1.00 bits per heavy atom. The van der Waals surface area contributed by atoms with E-state index in [9.17, 15) is 18.0 Å². The molecule has 2 amide bonds. The van der Waals surface area contributed by atoms with Crippen LogP contribution < -0.4 is 21.5 Å². The standard InChI is InChI=1S/C17H15N5O4S/c18-9-12(10-21-13-3-1-11(2-4-13)16(19)23)17(24)22-14-5-7-15(8-6-14)27(20,25)26/h1-8,10,21H,(H2,19,23)(H,22,24)(H2,20,25,26)/b12-10-. The van der Waals surface area contributed by atoms with Crippen LogP contribution in [-0.2, 0) is 14.8 Å². The normalized spacial score (nSPS) is 11.3. The minimum Gasteiger partial charge on any atom is -0.366 e. The smallest absolute Gasteiger partial charge is 0.267 e. The van der Waals surface area contributed by atoms with Crippen LogP contribution in [0, 0.1) is 11.3 Å². The van der Waals surface area contributed by atoms with Gasteiger partial charge in [-0.25, -0.2) is 13.6 Å². The van der Waals surface area contributed by atoms with Crippen LogP contribution in [0.5, 0.6) is 0 Å². The topological polar surface area (TPSA) is 168 Å². The third-order valence-electron chi connectivity index (χ3n) is 3.36. The molecule has 10 heteroatoms. The van der Waals surface area contributed by atoms with Gasteiger partial charge in [-0.3, -0.25) is 9.59 Å². The van der Waals surface area contributed by atoms with Crippen molar-refractivity contribution in [2.24, 2.45) is 10.9 Å². The average Bonchev–Trinajstić information content (AvgIpc) is 2.62. The first-order valence-corrected chi connectivity index (χ1v) is 8.96. The molecule has 0 aromatic heterocycles. The molecule has 138 valence electrons. The van der Waals surface area contributed by atoms with Crippen molar-refractivity contribution in [2.75, 3.05) is 10.6 Å². The van der Waals surface area contributed by atoms with E-state index in [4.69, 9.17) is 16.1 Å². The fourth-order valence-corrected chi connectivity index (χ4v) is 2.48. The highest BCUT2D eigenvalue weighted by Crippen LogP contribution is 2.14. The molecule has 0 saturated heterocycles. The lowest BCUT2D eigenvalue weighted by atomic mass is 10.2. The monoisotopic (exact) mass is 385 g/mol. The van der Waals surface area contributed by atoms with Gasteiger partial charge < -0.3 is 16.4 Å². The largest absolute Gasteiger partial charge is 0.366 e. The minimum absolute atomic E-state index is 0.0994. The van der Waals surface area contributed by atoms with Crippen LogP contribution in [0.3, 0.4) is 0 Å². The maximum Gasteiger partial charge on any atom is 0.267 e. The summed E-state index contributed by atoms with van der Waals surface area (Å²) in [6.07, 6.45) is 1.20. The molecule has 0 fully saturated rings. The number of rotatable bonds is 6. The molecule has 0 aliphatic rings. The summed E-state index contributed by atoms with van der Waals surface area (Å²) in [5.74, 6) is -1.26. The van der Waals surface area contributed by atoms with E-state index in [-0.39, 0.29) is 10.5 Å². The van der Waals surface area contributed by atoms with Gasteiger partial charge in [0, 0.05) is 23.1 Å². The van der Waals surface area contributed by atoms with E-state index in [1.54, 1.807) is 18.2 Å². The van der Waals surface area contributed by atoms with Crippen LogP contribution in [0.2, 0.25) is 0 Å².